The molecule has 7 nitrogen and oxygen atoms in total. The van der Waals surface area contributed by atoms with Crippen molar-refractivity contribution < 1.29 is 14.3 Å². The summed E-state index contributed by atoms with van der Waals surface area (Å²) in [6, 6.07) is 10.3. The van der Waals surface area contributed by atoms with Gasteiger partial charge in [-0.05, 0) is 41.8 Å². The van der Waals surface area contributed by atoms with E-state index in [2.05, 4.69) is 33.4 Å². The Morgan fingerprint density at radius 2 is 2.19 bits per heavy atom. The third-order valence-electron chi connectivity index (χ3n) is 5.57. The summed E-state index contributed by atoms with van der Waals surface area (Å²) in [5.74, 6) is -0.121. The molecule has 7 heteroatoms. The second-order valence-corrected chi connectivity index (χ2v) is 7.28. The molecule has 1 N–H and O–H groups in total. The summed E-state index contributed by atoms with van der Waals surface area (Å²) in [7, 11) is 0. The highest BCUT2D eigenvalue weighted by Gasteiger charge is 2.47. The number of amides is 2. The summed E-state index contributed by atoms with van der Waals surface area (Å²) in [6.45, 7) is 3.46. The first-order valence-corrected chi connectivity index (χ1v) is 9.15. The van der Waals surface area contributed by atoms with Crippen LogP contribution in [0.1, 0.15) is 23.7 Å². The number of hydrogen-bond acceptors (Lipinski definition) is 5. The SMILES string of the molecule is CC(=O)NC[C@@H]1OC(=O)N2c3ccc(N4Cc5cccnc5C4)cc3C[C@@H]12. The van der Waals surface area contributed by atoms with Gasteiger partial charge in [0, 0.05) is 25.4 Å². The number of aromatic nitrogens is 1. The third-order valence-corrected chi connectivity index (χ3v) is 5.57. The fraction of sp³-hybridized carbons (Fsp3) is 0.350. The first kappa shape index (κ1) is 16.1. The van der Waals surface area contributed by atoms with Crippen molar-refractivity contribution in [3.05, 3.63) is 53.3 Å². The van der Waals surface area contributed by atoms with Gasteiger partial charge in [-0.3, -0.25) is 14.7 Å². The Hall–Kier alpha value is -3.09. The number of pyridine rings is 1. The lowest BCUT2D eigenvalue weighted by Gasteiger charge is -2.19. The van der Waals surface area contributed by atoms with Gasteiger partial charge in [-0.25, -0.2) is 4.79 Å². The first-order chi connectivity index (χ1) is 13.1. The Labute approximate surface area is 156 Å². The molecule has 2 aromatic rings. The maximum absolute atomic E-state index is 12.3. The van der Waals surface area contributed by atoms with Crippen molar-refractivity contribution in [3.8, 4) is 0 Å². The van der Waals surface area contributed by atoms with Crippen LogP contribution in [0.25, 0.3) is 0 Å². The smallest absolute Gasteiger partial charge is 0.415 e. The topological polar surface area (TPSA) is 74.8 Å². The monoisotopic (exact) mass is 364 g/mol. The minimum absolute atomic E-state index is 0.0629. The molecule has 1 aromatic carbocycles. The van der Waals surface area contributed by atoms with Gasteiger partial charge in [0.2, 0.25) is 5.91 Å². The number of anilines is 2. The van der Waals surface area contributed by atoms with Crippen molar-refractivity contribution in [1.82, 2.24) is 10.3 Å². The Bertz CT molecular complexity index is 920. The van der Waals surface area contributed by atoms with Gasteiger partial charge in [0.1, 0.15) is 6.10 Å². The van der Waals surface area contributed by atoms with E-state index in [1.807, 2.05) is 18.3 Å². The summed E-state index contributed by atoms with van der Waals surface area (Å²) < 4.78 is 5.46. The van der Waals surface area contributed by atoms with Crippen LogP contribution in [0.4, 0.5) is 16.2 Å². The van der Waals surface area contributed by atoms with Gasteiger partial charge in [0.25, 0.3) is 0 Å². The molecule has 0 aliphatic carbocycles. The van der Waals surface area contributed by atoms with E-state index in [4.69, 9.17) is 4.74 Å². The number of ether oxygens (including phenoxy) is 1. The van der Waals surface area contributed by atoms with Crippen LogP contribution in [0.5, 0.6) is 0 Å². The molecular weight excluding hydrogens is 344 g/mol. The molecule has 1 fully saturated rings. The number of carbonyl (C=O) groups is 2. The van der Waals surface area contributed by atoms with Crippen LogP contribution in [-0.4, -0.2) is 35.7 Å². The van der Waals surface area contributed by atoms with E-state index in [9.17, 15) is 9.59 Å². The van der Waals surface area contributed by atoms with E-state index in [1.165, 1.54) is 12.5 Å². The van der Waals surface area contributed by atoms with Gasteiger partial charge in [-0.2, -0.15) is 0 Å². The van der Waals surface area contributed by atoms with Gasteiger partial charge in [-0.1, -0.05) is 6.07 Å². The number of carbonyl (C=O) groups excluding carboxylic acids is 2. The lowest BCUT2D eigenvalue weighted by molar-refractivity contribution is -0.119. The number of rotatable bonds is 3. The zero-order valence-electron chi connectivity index (χ0n) is 15.0. The van der Waals surface area contributed by atoms with Crippen molar-refractivity contribution in [1.29, 1.82) is 0 Å². The van der Waals surface area contributed by atoms with Gasteiger partial charge in [0.15, 0.2) is 0 Å². The van der Waals surface area contributed by atoms with Crippen molar-refractivity contribution in [3.63, 3.8) is 0 Å². The summed E-state index contributed by atoms with van der Waals surface area (Å²) in [6.07, 6.45) is 1.91. The van der Waals surface area contributed by atoms with Crippen LogP contribution in [0, 0.1) is 0 Å². The van der Waals surface area contributed by atoms with Crippen LogP contribution in [0.2, 0.25) is 0 Å². The molecule has 2 atom stereocenters. The van der Waals surface area contributed by atoms with Crippen LogP contribution in [0.15, 0.2) is 36.5 Å². The normalized spacial score (nSPS) is 22.3. The van der Waals surface area contributed by atoms with Gasteiger partial charge >= 0.3 is 6.09 Å². The zero-order chi connectivity index (χ0) is 18.5. The second kappa shape index (κ2) is 5.97. The molecular formula is C20H20N4O3. The Kier molecular flexibility index (Phi) is 3.56. The molecule has 1 aromatic heterocycles. The second-order valence-electron chi connectivity index (χ2n) is 7.28. The number of cyclic esters (lactones) is 1. The lowest BCUT2D eigenvalue weighted by atomic mass is 10.0. The molecule has 27 heavy (non-hydrogen) atoms. The molecule has 4 heterocycles. The lowest BCUT2D eigenvalue weighted by Crippen LogP contribution is -2.40. The minimum atomic E-state index is -0.334. The standard InChI is InChI=1S/C20H20N4O3/c1-12(25)22-9-19-18-8-14-7-15(4-5-17(14)24(18)20(26)27-19)23-10-13-3-2-6-21-16(13)11-23/h2-7,18-19H,8-11H2,1H3,(H,22,25)/t18-,19-/m0/s1. The predicted molar refractivity (Wildman–Crippen MR) is 99.5 cm³/mol. The highest BCUT2D eigenvalue weighted by Crippen LogP contribution is 2.41. The van der Waals surface area contributed by atoms with E-state index in [1.54, 1.807) is 4.90 Å². The molecule has 0 radical (unpaired) electrons. The van der Waals surface area contributed by atoms with Crippen molar-refractivity contribution >= 4 is 23.4 Å². The number of hydrogen-bond donors (Lipinski definition) is 1. The average Bonchev–Trinajstić information content (AvgIpc) is 3.32. The fourth-order valence-corrected chi connectivity index (χ4v) is 4.26. The van der Waals surface area contributed by atoms with Crippen LogP contribution < -0.4 is 15.1 Å². The summed E-state index contributed by atoms with van der Waals surface area (Å²) in [5, 5.41) is 2.76. The van der Waals surface area contributed by atoms with Crippen molar-refractivity contribution in [2.45, 2.75) is 38.6 Å². The van der Waals surface area contributed by atoms with Crippen LogP contribution in [-0.2, 0) is 29.0 Å². The summed E-state index contributed by atoms with van der Waals surface area (Å²) in [5.41, 5.74) is 5.58. The maximum atomic E-state index is 12.3. The molecule has 0 spiro atoms. The van der Waals surface area contributed by atoms with Crippen LogP contribution in [0.3, 0.4) is 0 Å². The van der Waals surface area contributed by atoms with Gasteiger partial charge in [0.05, 0.1) is 30.5 Å². The fourth-order valence-electron chi connectivity index (χ4n) is 4.26. The molecule has 2 amide bonds. The quantitative estimate of drug-likeness (QED) is 0.902. The molecule has 0 unspecified atom stereocenters. The largest absolute Gasteiger partial charge is 0.442 e. The summed E-state index contributed by atoms with van der Waals surface area (Å²) in [4.78, 5) is 32.0. The van der Waals surface area contributed by atoms with E-state index >= 15 is 0 Å². The Morgan fingerprint density at radius 1 is 1.30 bits per heavy atom. The van der Waals surface area contributed by atoms with Crippen molar-refractivity contribution in [2.75, 3.05) is 16.3 Å². The number of benzene rings is 1. The highest BCUT2D eigenvalue weighted by molar-refractivity contribution is 5.94. The number of fused-ring (bicyclic) bond motifs is 4. The Morgan fingerprint density at radius 3 is 3.00 bits per heavy atom. The van der Waals surface area contributed by atoms with Crippen LogP contribution >= 0.6 is 0 Å². The number of nitrogens with zero attached hydrogens (tertiary/aromatic N) is 3. The third kappa shape index (κ3) is 2.61. The first-order valence-electron chi connectivity index (χ1n) is 9.15. The molecule has 138 valence electrons. The van der Waals surface area contributed by atoms with E-state index in [-0.39, 0.29) is 24.1 Å². The molecule has 3 aliphatic heterocycles. The van der Waals surface area contributed by atoms with Crippen molar-refractivity contribution in [2.24, 2.45) is 0 Å². The molecule has 0 bridgehead atoms. The zero-order valence-corrected chi connectivity index (χ0v) is 15.0. The van der Waals surface area contributed by atoms with Gasteiger partial charge < -0.3 is 15.0 Å². The molecule has 0 saturated carbocycles. The molecule has 3 aliphatic rings. The average molecular weight is 364 g/mol. The summed E-state index contributed by atoms with van der Waals surface area (Å²) >= 11 is 0. The molecule has 1 saturated heterocycles. The molecule has 5 rings (SSSR count). The number of nitrogens with one attached hydrogen (secondary N) is 1. The van der Waals surface area contributed by atoms with E-state index in [0.29, 0.717) is 6.54 Å². The predicted octanol–water partition coefficient (Wildman–Crippen LogP) is 1.99. The van der Waals surface area contributed by atoms with E-state index < -0.39 is 0 Å². The maximum Gasteiger partial charge on any atom is 0.415 e. The Balaban J connectivity index is 1.38. The van der Waals surface area contributed by atoms with E-state index in [0.717, 1.165) is 42.1 Å². The van der Waals surface area contributed by atoms with Gasteiger partial charge in [-0.15, -0.1) is 0 Å². The highest BCUT2D eigenvalue weighted by atomic mass is 16.6. The minimum Gasteiger partial charge on any atom is -0.442 e.